The molecular weight excluding hydrogens is 263 g/mol. The largest absolute Gasteiger partial charge is 0.416 e. The second-order valence-corrected chi connectivity index (χ2v) is 3.77. The van der Waals surface area contributed by atoms with E-state index in [0.717, 1.165) is 18.7 Å². The van der Waals surface area contributed by atoms with Crippen molar-refractivity contribution in [3.05, 3.63) is 33.9 Å². The predicted molar refractivity (Wildman–Crippen MR) is 65.1 cm³/mol. The summed E-state index contributed by atoms with van der Waals surface area (Å²) >= 11 is 0. The van der Waals surface area contributed by atoms with E-state index in [9.17, 15) is 23.3 Å². The number of alkyl halides is 3. The van der Waals surface area contributed by atoms with Crippen LogP contribution in [-0.4, -0.2) is 24.6 Å². The van der Waals surface area contributed by atoms with Gasteiger partial charge in [0, 0.05) is 19.2 Å². The Balaban J connectivity index is 2.90. The van der Waals surface area contributed by atoms with Crippen LogP contribution in [0.25, 0.3) is 0 Å². The van der Waals surface area contributed by atoms with Crippen LogP contribution in [0.15, 0.2) is 18.2 Å². The quantitative estimate of drug-likeness (QED) is 0.476. The fourth-order valence-electron chi connectivity index (χ4n) is 1.47. The Hall–Kier alpha value is -1.83. The average Bonchev–Trinajstić information content (AvgIpc) is 2.33. The maximum Gasteiger partial charge on any atom is 0.416 e. The van der Waals surface area contributed by atoms with Crippen molar-refractivity contribution in [2.75, 3.05) is 25.0 Å². The topological polar surface area (TPSA) is 67.2 Å². The molecule has 0 unspecified atom stereocenters. The van der Waals surface area contributed by atoms with Gasteiger partial charge in [-0.3, -0.25) is 10.1 Å². The molecule has 0 amide bonds. The number of nitrogens with one attached hydrogen (secondary N) is 2. The van der Waals surface area contributed by atoms with E-state index in [1.54, 1.807) is 0 Å². The Kier molecular flexibility index (Phi) is 5.11. The molecule has 106 valence electrons. The highest BCUT2D eigenvalue weighted by Crippen LogP contribution is 2.34. The lowest BCUT2D eigenvalue weighted by Crippen LogP contribution is -2.22. The minimum absolute atomic E-state index is 0.0795. The summed E-state index contributed by atoms with van der Waals surface area (Å²) in [6, 6.07) is 2.44. The number of hydrogen-bond donors (Lipinski definition) is 2. The zero-order chi connectivity index (χ0) is 14.5. The standard InChI is InChI=1S/C11H14F3N3O2/c1-2-15-5-6-16-9-4-3-8(11(12,13)14)7-10(9)17(18)19/h3-4,7,15-16H,2,5-6H2,1H3. The monoisotopic (exact) mass is 277 g/mol. The first kappa shape index (κ1) is 15.2. The first-order valence-electron chi connectivity index (χ1n) is 5.66. The molecule has 0 aliphatic heterocycles. The molecule has 5 nitrogen and oxygen atoms in total. The number of hydrogen-bond acceptors (Lipinski definition) is 4. The molecule has 0 bridgehead atoms. The van der Waals surface area contributed by atoms with E-state index in [2.05, 4.69) is 10.6 Å². The number of benzene rings is 1. The SMILES string of the molecule is CCNCCNc1ccc(C(F)(F)F)cc1[N+](=O)[O-]. The number of likely N-dealkylation sites (N-methyl/N-ethyl adjacent to an activating group) is 1. The first-order chi connectivity index (χ1) is 8.86. The molecule has 0 aliphatic rings. The molecule has 1 aromatic rings. The highest BCUT2D eigenvalue weighted by atomic mass is 19.4. The van der Waals surface area contributed by atoms with Crippen LogP contribution < -0.4 is 10.6 Å². The summed E-state index contributed by atoms with van der Waals surface area (Å²) in [5, 5.41) is 16.5. The number of rotatable bonds is 6. The van der Waals surface area contributed by atoms with Crippen molar-refractivity contribution in [1.29, 1.82) is 0 Å². The Morgan fingerprint density at radius 1 is 1.32 bits per heavy atom. The van der Waals surface area contributed by atoms with Crippen LogP contribution in [0.5, 0.6) is 0 Å². The Morgan fingerprint density at radius 3 is 2.53 bits per heavy atom. The molecule has 0 heterocycles. The van der Waals surface area contributed by atoms with Crippen LogP contribution in [0.1, 0.15) is 12.5 Å². The molecule has 19 heavy (non-hydrogen) atoms. The molecule has 0 fully saturated rings. The van der Waals surface area contributed by atoms with Crippen LogP contribution in [-0.2, 0) is 6.18 Å². The summed E-state index contributed by atoms with van der Waals surface area (Å²) in [6.07, 6.45) is -4.59. The smallest absolute Gasteiger partial charge is 0.378 e. The van der Waals surface area contributed by atoms with Crippen LogP contribution in [0.2, 0.25) is 0 Å². The second kappa shape index (κ2) is 6.37. The van der Waals surface area contributed by atoms with Crippen LogP contribution in [0, 0.1) is 10.1 Å². The molecule has 0 aromatic heterocycles. The zero-order valence-corrected chi connectivity index (χ0v) is 10.3. The van der Waals surface area contributed by atoms with Gasteiger partial charge in [-0.25, -0.2) is 0 Å². The molecule has 0 saturated heterocycles. The van der Waals surface area contributed by atoms with Crippen LogP contribution in [0.4, 0.5) is 24.5 Å². The number of nitrogens with zero attached hydrogens (tertiary/aromatic N) is 1. The van der Waals surface area contributed by atoms with Gasteiger partial charge in [0.2, 0.25) is 0 Å². The maximum atomic E-state index is 12.5. The number of nitro benzene ring substituents is 1. The molecular formula is C11H14F3N3O2. The third-order valence-electron chi connectivity index (χ3n) is 2.39. The van der Waals surface area contributed by atoms with E-state index in [0.29, 0.717) is 19.2 Å². The fourth-order valence-corrected chi connectivity index (χ4v) is 1.47. The highest BCUT2D eigenvalue weighted by Gasteiger charge is 2.32. The zero-order valence-electron chi connectivity index (χ0n) is 10.3. The van der Waals surface area contributed by atoms with E-state index in [4.69, 9.17) is 0 Å². The Labute approximate surface area is 108 Å². The third kappa shape index (κ3) is 4.40. The van der Waals surface area contributed by atoms with Gasteiger partial charge in [0.1, 0.15) is 5.69 Å². The fraction of sp³-hybridized carbons (Fsp3) is 0.455. The molecule has 0 saturated carbocycles. The van der Waals surface area contributed by atoms with Gasteiger partial charge in [0.15, 0.2) is 0 Å². The highest BCUT2D eigenvalue weighted by molar-refractivity contribution is 5.62. The second-order valence-electron chi connectivity index (χ2n) is 3.77. The van der Waals surface area contributed by atoms with E-state index in [1.807, 2.05) is 6.92 Å². The van der Waals surface area contributed by atoms with Gasteiger partial charge < -0.3 is 10.6 Å². The molecule has 0 radical (unpaired) electrons. The number of anilines is 1. The van der Waals surface area contributed by atoms with Gasteiger partial charge in [-0.1, -0.05) is 6.92 Å². The summed E-state index contributed by atoms with van der Waals surface area (Å²) in [4.78, 5) is 9.94. The van der Waals surface area contributed by atoms with Gasteiger partial charge in [0.05, 0.1) is 10.5 Å². The van der Waals surface area contributed by atoms with Crippen molar-refractivity contribution in [1.82, 2.24) is 5.32 Å². The molecule has 8 heteroatoms. The molecule has 0 aliphatic carbocycles. The minimum atomic E-state index is -4.59. The van der Waals surface area contributed by atoms with Crippen LogP contribution >= 0.6 is 0 Å². The van der Waals surface area contributed by atoms with Crippen molar-refractivity contribution >= 4 is 11.4 Å². The molecule has 0 spiro atoms. The van der Waals surface area contributed by atoms with Crippen LogP contribution in [0.3, 0.4) is 0 Å². The summed E-state index contributed by atoms with van der Waals surface area (Å²) < 4.78 is 37.4. The van der Waals surface area contributed by atoms with Crippen molar-refractivity contribution in [2.45, 2.75) is 13.1 Å². The summed E-state index contributed by atoms with van der Waals surface area (Å²) in [7, 11) is 0. The minimum Gasteiger partial charge on any atom is -0.378 e. The van der Waals surface area contributed by atoms with Gasteiger partial charge in [-0.15, -0.1) is 0 Å². The van der Waals surface area contributed by atoms with E-state index >= 15 is 0 Å². The molecule has 1 aromatic carbocycles. The Morgan fingerprint density at radius 2 is 2.00 bits per heavy atom. The summed E-state index contributed by atoms with van der Waals surface area (Å²) in [5.41, 5.74) is -1.53. The summed E-state index contributed by atoms with van der Waals surface area (Å²) in [5.74, 6) is 0. The summed E-state index contributed by atoms with van der Waals surface area (Å²) in [6.45, 7) is 3.60. The van der Waals surface area contributed by atoms with Crippen molar-refractivity contribution in [3.8, 4) is 0 Å². The van der Waals surface area contributed by atoms with Gasteiger partial charge in [-0.2, -0.15) is 13.2 Å². The van der Waals surface area contributed by atoms with Gasteiger partial charge in [-0.05, 0) is 18.7 Å². The lowest BCUT2D eigenvalue weighted by molar-refractivity contribution is -0.384. The number of nitro groups is 1. The molecule has 0 atom stereocenters. The third-order valence-corrected chi connectivity index (χ3v) is 2.39. The lowest BCUT2D eigenvalue weighted by atomic mass is 10.1. The lowest BCUT2D eigenvalue weighted by Gasteiger charge is -2.10. The molecule has 2 N–H and O–H groups in total. The van der Waals surface area contributed by atoms with E-state index in [1.165, 1.54) is 0 Å². The van der Waals surface area contributed by atoms with E-state index in [-0.39, 0.29) is 5.69 Å². The van der Waals surface area contributed by atoms with Gasteiger partial charge >= 0.3 is 6.18 Å². The number of halogens is 3. The average molecular weight is 277 g/mol. The van der Waals surface area contributed by atoms with Crippen molar-refractivity contribution in [3.63, 3.8) is 0 Å². The normalized spacial score (nSPS) is 11.4. The van der Waals surface area contributed by atoms with E-state index < -0.39 is 22.4 Å². The van der Waals surface area contributed by atoms with Crippen molar-refractivity contribution < 1.29 is 18.1 Å². The maximum absolute atomic E-state index is 12.5. The molecule has 1 rings (SSSR count). The Bertz CT molecular complexity index is 449. The van der Waals surface area contributed by atoms with Crippen molar-refractivity contribution in [2.24, 2.45) is 0 Å². The van der Waals surface area contributed by atoms with Gasteiger partial charge in [0.25, 0.3) is 5.69 Å². The predicted octanol–water partition coefficient (Wildman–Crippen LogP) is 2.64. The first-order valence-corrected chi connectivity index (χ1v) is 5.66.